The van der Waals surface area contributed by atoms with E-state index in [0.717, 1.165) is 35.0 Å². The monoisotopic (exact) mass is 408 g/mol. The number of fused-ring (bicyclic) bond motifs is 1. The van der Waals surface area contributed by atoms with Crippen molar-refractivity contribution in [3.63, 3.8) is 0 Å². The summed E-state index contributed by atoms with van der Waals surface area (Å²) in [5.41, 5.74) is 2.42. The number of aliphatic hydroxyl groups excluding tert-OH is 3. The van der Waals surface area contributed by atoms with E-state index in [0.29, 0.717) is 24.2 Å². The lowest BCUT2D eigenvalue weighted by Gasteiger charge is -2.18. The third-order valence-corrected chi connectivity index (χ3v) is 5.98. The van der Waals surface area contributed by atoms with E-state index in [1.807, 2.05) is 42.6 Å². The van der Waals surface area contributed by atoms with Gasteiger partial charge in [-0.1, -0.05) is 29.2 Å². The number of nitrogens with one attached hydrogen (secondary N) is 3. The first kappa shape index (κ1) is 19.2. The molecule has 2 aliphatic carbocycles. The molecule has 2 saturated carbocycles. The number of aromatic amines is 1. The van der Waals surface area contributed by atoms with Crippen LogP contribution in [0.1, 0.15) is 19.3 Å². The number of para-hydroxylation sites is 1. The van der Waals surface area contributed by atoms with Crippen molar-refractivity contribution < 1.29 is 20.3 Å². The van der Waals surface area contributed by atoms with Gasteiger partial charge in [0, 0.05) is 17.9 Å². The van der Waals surface area contributed by atoms with Gasteiger partial charge in [0.1, 0.15) is 6.10 Å². The number of hydrogen-bond acceptors (Lipinski definition) is 7. The fourth-order valence-electron chi connectivity index (χ4n) is 4.05. The number of H-pyrrole nitrogens is 1. The summed E-state index contributed by atoms with van der Waals surface area (Å²) in [6, 6.07) is 11.9. The fourth-order valence-corrected chi connectivity index (χ4v) is 4.05. The Morgan fingerprint density at radius 3 is 2.60 bits per heavy atom. The van der Waals surface area contributed by atoms with Crippen LogP contribution in [-0.2, 0) is 0 Å². The SMILES string of the molecule is OC[C@H]1CC(Nc2nc(NC3CC3)[nH+]cc2-c2ccc3ccccc3n2)[C@H](O)[C@@H]1O. The minimum absolute atomic E-state index is 0.167. The molecule has 1 aromatic carbocycles. The normalized spacial score (nSPS) is 26.1. The second-order valence-electron chi connectivity index (χ2n) is 8.23. The molecule has 0 radical (unpaired) electrons. The first-order valence-corrected chi connectivity index (χ1v) is 10.4. The lowest BCUT2D eigenvalue weighted by molar-refractivity contribution is -0.364. The topological polar surface area (TPSA) is 125 Å². The van der Waals surface area contributed by atoms with Gasteiger partial charge in [-0.2, -0.15) is 0 Å². The van der Waals surface area contributed by atoms with E-state index >= 15 is 0 Å². The molecule has 2 aromatic heterocycles. The van der Waals surface area contributed by atoms with Crippen LogP contribution < -0.4 is 15.6 Å². The number of aromatic nitrogens is 3. The van der Waals surface area contributed by atoms with Crippen molar-refractivity contribution in [1.82, 2.24) is 9.97 Å². The van der Waals surface area contributed by atoms with Crippen LogP contribution in [0.3, 0.4) is 0 Å². The molecular formula is C22H26N5O3+. The van der Waals surface area contributed by atoms with Crippen LogP contribution in [0.25, 0.3) is 22.2 Å². The zero-order valence-electron chi connectivity index (χ0n) is 16.5. The van der Waals surface area contributed by atoms with Gasteiger partial charge in [-0.3, -0.25) is 5.32 Å². The van der Waals surface area contributed by atoms with Gasteiger partial charge in [-0.15, -0.1) is 0 Å². The average molecular weight is 408 g/mol. The molecule has 5 rings (SSSR count). The number of rotatable bonds is 6. The number of pyridine rings is 1. The lowest BCUT2D eigenvalue weighted by Crippen LogP contribution is -2.36. The minimum atomic E-state index is -0.981. The van der Waals surface area contributed by atoms with Gasteiger partial charge in [0.25, 0.3) is 0 Å². The Morgan fingerprint density at radius 2 is 1.83 bits per heavy atom. The summed E-state index contributed by atoms with van der Waals surface area (Å²) in [6.07, 6.45) is 2.61. The van der Waals surface area contributed by atoms with Gasteiger partial charge in [0.15, 0.2) is 0 Å². The highest BCUT2D eigenvalue weighted by Gasteiger charge is 2.42. The summed E-state index contributed by atoms with van der Waals surface area (Å²) in [7, 11) is 0. The maximum absolute atomic E-state index is 10.5. The van der Waals surface area contributed by atoms with Crippen LogP contribution in [0, 0.1) is 5.92 Å². The second-order valence-corrected chi connectivity index (χ2v) is 8.23. The summed E-state index contributed by atoms with van der Waals surface area (Å²) in [6.45, 7) is -0.167. The molecule has 6 N–H and O–H groups in total. The zero-order chi connectivity index (χ0) is 20.7. The molecule has 0 spiro atoms. The third kappa shape index (κ3) is 3.69. The van der Waals surface area contributed by atoms with Crippen molar-refractivity contribution in [2.75, 3.05) is 17.2 Å². The molecule has 0 saturated heterocycles. The Bertz CT molecular complexity index is 1060. The summed E-state index contributed by atoms with van der Waals surface area (Å²) in [5, 5.41) is 37.8. The van der Waals surface area contributed by atoms with Gasteiger partial charge >= 0.3 is 5.95 Å². The minimum Gasteiger partial charge on any atom is -0.396 e. The summed E-state index contributed by atoms with van der Waals surface area (Å²) >= 11 is 0. The van der Waals surface area contributed by atoms with Gasteiger partial charge in [-0.25, -0.2) is 9.97 Å². The van der Waals surface area contributed by atoms with Crippen molar-refractivity contribution in [3.05, 3.63) is 42.6 Å². The number of aliphatic hydroxyl groups is 3. The van der Waals surface area contributed by atoms with Crippen LogP contribution in [0.2, 0.25) is 0 Å². The zero-order valence-corrected chi connectivity index (χ0v) is 16.5. The number of hydrogen-bond donors (Lipinski definition) is 5. The molecule has 2 fully saturated rings. The molecule has 0 amide bonds. The van der Waals surface area contributed by atoms with E-state index in [9.17, 15) is 15.3 Å². The molecule has 1 unspecified atom stereocenters. The van der Waals surface area contributed by atoms with Crippen molar-refractivity contribution in [3.8, 4) is 11.3 Å². The van der Waals surface area contributed by atoms with Crippen molar-refractivity contribution in [2.45, 2.75) is 43.6 Å². The molecule has 4 atom stereocenters. The van der Waals surface area contributed by atoms with Gasteiger partial charge < -0.3 is 20.6 Å². The van der Waals surface area contributed by atoms with E-state index in [2.05, 4.69) is 15.6 Å². The highest BCUT2D eigenvalue weighted by molar-refractivity contribution is 5.83. The van der Waals surface area contributed by atoms with Crippen LogP contribution >= 0.6 is 0 Å². The maximum Gasteiger partial charge on any atom is 0.391 e. The molecule has 2 aliphatic rings. The van der Waals surface area contributed by atoms with E-state index in [1.165, 1.54) is 0 Å². The molecule has 30 heavy (non-hydrogen) atoms. The van der Waals surface area contributed by atoms with E-state index in [4.69, 9.17) is 9.97 Å². The largest absolute Gasteiger partial charge is 0.396 e. The smallest absolute Gasteiger partial charge is 0.391 e. The van der Waals surface area contributed by atoms with Crippen LogP contribution in [0.5, 0.6) is 0 Å². The lowest BCUT2D eigenvalue weighted by atomic mass is 10.1. The molecule has 0 aliphatic heterocycles. The van der Waals surface area contributed by atoms with E-state index in [-0.39, 0.29) is 12.5 Å². The van der Waals surface area contributed by atoms with Crippen molar-refractivity contribution >= 4 is 22.7 Å². The summed E-state index contributed by atoms with van der Waals surface area (Å²) in [5.74, 6) is 0.866. The standard InChI is InChI=1S/C22H25N5O3/c28-11-13-9-18(20(30)19(13)29)26-21-15(10-23-22(27-21)24-14-6-7-14)17-8-5-12-3-1-2-4-16(12)25-17/h1-5,8,10,13-14,18-20,28-30H,6-7,9,11H2,(H2,23,24,26,27)/p+1/t13-,18?,19-,20+/m1/s1. The number of benzene rings is 1. The second kappa shape index (κ2) is 7.79. The highest BCUT2D eigenvalue weighted by Crippen LogP contribution is 2.32. The third-order valence-electron chi connectivity index (χ3n) is 5.98. The van der Waals surface area contributed by atoms with E-state index in [1.54, 1.807) is 0 Å². The Labute approximate surface area is 174 Å². The highest BCUT2D eigenvalue weighted by atomic mass is 16.3. The molecule has 2 heterocycles. The molecule has 8 heteroatoms. The van der Waals surface area contributed by atoms with Crippen molar-refractivity contribution in [1.29, 1.82) is 0 Å². The molecule has 0 bridgehead atoms. The van der Waals surface area contributed by atoms with Gasteiger partial charge in [0.2, 0.25) is 5.82 Å². The van der Waals surface area contributed by atoms with Crippen LogP contribution in [0.15, 0.2) is 42.6 Å². The predicted octanol–water partition coefficient (Wildman–Crippen LogP) is 1.20. The molecule has 8 nitrogen and oxygen atoms in total. The molecular weight excluding hydrogens is 382 g/mol. The van der Waals surface area contributed by atoms with E-state index < -0.39 is 18.2 Å². The fraction of sp³-hybridized carbons (Fsp3) is 0.409. The summed E-state index contributed by atoms with van der Waals surface area (Å²) < 4.78 is 0. The van der Waals surface area contributed by atoms with Gasteiger partial charge in [0.05, 0.1) is 41.2 Å². The Balaban J connectivity index is 1.51. The Morgan fingerprint density at radius 1 is 1.00 bits per heavy atom. The molecule has 3 aromatic rings. The first-order valence-electron chi connectivity index (χ1n) is 10.4. The van der Waals surface area contributed by atoms with Gasteiger partial charge in [-0.05, 0) is 31.4 Å². The van der Waals surface area contributed by atoms with Crippen LogP contribution in [-0.4, -0.2) is 56.2 Å². The number of nitrogens with zero attached hydrogens (tertiary/aromatic N) is 2. The van der Waals surface area contributed by atoms with Crippen LogP contribution in [0.4, 0.5) is 11.8 Å². The summed E-state index contributed by atoms with van der Waals surface area (Å²) in [4.78, 5) is 12.7. The molecule has 156 valence electrons. The predicted molar refractivity (Wildman–Crippen MR) is 113 cm³/mol. The first-order chi connectivity index (χ1) is 14.6. The number of anilines is 2. The quantitative estimate of drug-likeness (QED) is 0.415. The average Bonchev–Trinajstić information content (AvgIpc) is 3.55. The Kier molecular flexibility index (Phi) is 4.98. The Hall–Kier alpha value is -2.81. The van der Waals surface area contributed by atoms with Crippen molar-refractivity contribution in [2.24, 2.45) is 5.92 Å². The maximum atomic E-state index is 10.5.